The summed E-state index contributed by atoms with van der Waals surface area (Å²) in [5, 5.41) is 2.95. The van der Waals surface area contributed by atoms with Crippen molar-refractivity contribution in [3.8, 4) is 5.75 Å². The van der Waals surface area contributed by atoms with E-state index in [4.69, 9.17) is 16.3 Å². The highest BCUT2D eigenvalue weighted by molar-refractivity contribution is 9.09. The Morgan fingerprint density at radius 1 is 1.28 bits per heavy atom. The van der Waals surface area contributed by atoms with Crippen molar-refractivity contribution in [3.63, 3.8) is 0 Å². The lowest BCUT2D eigenvalue weighted by atomic mass is 10.0. The zero-order valence-electron chi connectivity index (χ0n) is 10.5. The van der Waals surface area contributed by atoms with Crippen LogP contribution >= 0.6 is 38.9 Å². The van der Waals surface area contributed by atoms with Crippen LogP contribution in [0.15, 0.2) is 23.6 Å². The van der Waals surface area contributed by atoms with Gasteiger partial charge in [0.15, 0.2) is 0 Å². The summed E-state index contributed by atoms with van der Waals surface area (Å²) < 4.78 is 5.22. The summed E-state index contributed by atoms with van der Waals surface area (Å²) in [6.07, 6.45) is 0. The molecule has 0 bridgehead atoms. The number of ether oxygens (including phenoxy) is 1. The largest absolute Gasteiger partial charge is 0.497 e. The lowest BCUT2D eigenvalue weighted by Crippen LogP contribution is -1.95. The van der Waals surface area contributed by atoms with Crippen LogP contribution in [0.2, 0.25) is 5.02 Å². The van der Waals surface area contributed by atoms with Gasteiger partial charge in [0.1, 0.15) is 5.75 Å². The summed E-state index contributed by atoms with van der Waals surface area (Å²) in [7, 11) is 1.68. The molecule has 0 spiro atoms. The lowest BCUT2D eigenvalue weighted by molar-refractivity contribution is 0.414. The van der Waals surface area contributed by atoms with E-state index in [0.29, 0.717) is 0 Å². The highest BCUT2D eigenvalue weighted by Crippen LogP contribution is 2.42. The quantitative estimate of drug-likeness (QED) is 0.666. The number of aryl methyl sites for hydroxylation is 2. The van der Waals surface area contributed by atoms with E-state index in [2.05, 4.69) is 34.3 Å². The van der Waals surface area contributed by atoms with Crippen LogP contribution in [0.5, 0.6) is 5.75 Å². The average Bonchev–Trinajstić information content (AvgIpc) is 2.69. The van der Waals surface area contributed by atoms with Gasteiger partial charge in [-0.05, 0) is 48.1 Å². The number of methoxy groups -OCH3 is 1. The van der Waals surface area contributed by atoms with Gasteiger partial charge in [-0.15, -0.1) is 11.3 Å². The van der Waals surface area contributed by atoms with Crippen molar-refractivity contribution in [1.29, 1.82) is 0 Å². The second-order valence-corrected chi connectivity index (χ2v) is 6.39. The number of hydrogen-bond donors (Lipinski definition) is 0. The average molecular weight is 346 g/mol. The highest BCUT2D eigenvalue weighted by Gasteiger charge is 2.19. The second kappa shape index (κ2) is 5.64. The molecule has 0 amide bonds. The summed E-state index contributed by atoms with van der Waals surface area (Å²) in [6.45, 7) is 4.11. The topological polar surface area (TPSA) is 9.23 Å². The molecule has 4 heteroatoms. The summed E-state index contributed by atoms with van der Waals surface area (Å²) in [4.78, 5) is 1.29. The Morgan fingerprint density at radius 2 is 2.00 bits per heavy atom. The molecule has 1 unspecified atom stereocenters. The van der Waals surface area contributed by atoms with Crippen molar-refractivity contribution < 1.29 is 4.74 Å². The van der Waals surface area contributed by atoms with E-state index in [1.54, 1.807) is 18.4 Å². The van der Waals surface area contributed by atoms with Gasteiger partial charge in [-0.1, -0.05) is 33.6 Å². The Labute approximate surface area is 125 Å². The van der Waals surface area contributed by atoms with Crippen LogP contribution in [-0.4, -0.2) is 7.11 Å². The van der Waals surface area contributed by atoms with Crippen LogP contribution in [0.3, 0.4) is 0 Å². The van der Waals surface area contributed by atoms with Crippen LogP contribution in [0.25, 0.3) is 0 Å². The van der Waals surface area contributed by atoms with E-state index >= 15 is 0 Å². The zero-order valence-corrected chi connectivity index (χ0v) is 13.6. The van der Waals surface area contributed by atoms with E-state index < -0.39 is 0 Å². The number of halogens is 2. The Kier molecular flexibility index (Phi) is 4.36. The third-order valence-corrected chi connectivity index (χ3v) is 5.94. The van der Waals surface area contributed by atoms with Crippen molar-refractivity contribution in [1.82, 2.24) is 0 Å². The maximum atomic E-state index is 6.32. The molecule has 1 aromatic heterocycles. The molecular formula is C14H14BrClOS. The molecule has 0 saturated carbocycles. The van der Waals surface area contributed by atoms with Crippen LogP contribution in [0, 0.1) is 13.8 Å². The summed E-state index contributed by atoms with van der Waals surface area (Å²) in [6, 6.07) is 6.10. The molecule has 2 aromatic rings. The fourth-order valence-electron chi connectivity index (χ4n) is 1.82. The van der Waals surface area contributed by atoms with Gasteiger partial charge in [0.25, 0.3) is 0 Å². The molecule has 2 rings (SSSR count). The maximum Gasteiger partial charge on any atom is 0.119 e. The molecule has 0 fully saturated rings. The van der Waals surface area contributed by atoms with Crippen LogP contribution in [0.4, 0.5) is 0 Å². The minimum atomic E-state index is 0.134. The van der Waals surface area contributed by atoms with Gasteiger partial charge in [0, 0.05) is 4.88 Å². The van der Waals surface area contributed by atoms with Crippen LogP contribution < -0.4 is 4.74 Å². The Morgan fingerprint density at radius 3 is 2.50 bits per heavy atom. The molecule has 0 aliphatic carbocycles. The minimum Gasteiger partial charge on any atom is -0.497 e. The first-order valence-corrected chi connectivity index (χ1v) is 7.74. The smallest absolute Gasteiger partial charge is 0.119 e. The normalized spacial score (nSPS) is 12.5. The van der Waals surface area contributed by atoms with E-state index in [1.165, 1.54) is 11.1 Å². The van der Waals surface area contributed by atoms with Gasteiger partial charge in [-0.2, -0.15) is 0 Å². The Bertz CT molecular complexity index is 565. The van der Waals surface area contributed by atoms with Crippen molar-refractivity contribution in [3.05, 3.63) is 50.2 Å². The van der Waals surface area contributed by atoms with Gasteiger partial charge >= 0.3 is 0 Å². The second-order valence-electron chi connectivity index (χ2n) is 4.18. The third kappa shape index (κ3) is 2.58. The van der Waals surface area contributed by atoms with Crippen molar-refractivity contribution in [2.75, 3.05) is 7.11 Å². The van der Waals surface area contributed by atoms with Gasteiger partial charge in [0.05, 0.1) is 17.0 Å². The third-order valence-electron chi connectivity index (χ3n) is 2.91. The highest BCUT2D eigenvalue weighted by atomic mass is 79.9. The monoisotopic (exact) mass is 344 g/mol. The Hall–Kier alpha value is -0.510. The number of hydrogen-bond acceptors (Lipinski definition) is 2. The standard InChI is InChI=1S/C14H14BrClOS/c1-8-6-10(17-3)4-5-11(8)12(15)14-13(16)9(2)7-18-14/h4-7,12H,1-3H3. The van der Waals surface area contributed by atoms with E-state index in [9.17, 15) is 0 Å². The summed E-state index contributed by atoms with van der Waals surface area (Å²) in [5.74, 6) is 0.879. The van der Waals surface area contributed by atoms with Crippen LogP contribution in [0.1, 0.15) is 26.4 Å². The van der Waals surface area contributed by atoms with E-state index in [0.717, 1.165) is 21.2 Å². The summed E-state index contributed by atoms with van der Waals surface area (Å²) >= 11 is 11.7. The first-order chi connectivity index (χ1) is 8.54. The molecule has 0 aliphatic rings. The number of thiophene rings is 1. The maximum absolute atomic E-state index is 6.32. The number of benzene rings is 1. The molecule has 96 valence electrons. The number of rotatable bonds is 3. The molecule has 18 heavy (non-hydrogen) atoms. The fourth-order valence-corrected chi connectivity index (χ4v) is 4.31. The first kappa shape index (κ1) is 13.9. The molecule has 0 saturated heterocycles. The fraction of sp³-hybridized carbons (Fsp3) is 0.286. The van der Waals surface area contributed by atoms with Gasteiger partial charge in [0.2, 0.25) is 0 Å². The Balaban J connectivity index is 2.40. The van der Waals surface area contributed by atoms with Crippen LogP contribution in [-0.2, 0) is 0 Å². The molecule has 1 nitrogen and oxygen atoms in total. The SMILES string of the molecule is COc1ccc(C(Br)c2scc(C)c2Cl)c(C)c1. The zero-order chi connectivity index (χ0) is 13.3. The predicted octanol–water partition coefficient (Wildman–Crippen LogP) is 5.51. The molecule has 0 aliphatic heterocycles. The predicted molar refractivity (Wildman–Crippen MR) is 82.6 cm³/mol. The summed E-state index contributed by atoms with van der Waals surface area (Å²) in [5.41, 5.74) is 3.55. The minimum absolute atomic E-state index is 0.134. The molecular weight excluding hydrogens is 332 g/mol. The number of alkyl halides is 1. The van der Waals surface area contributed by atoms with Crippen molar-refractivity contribution in [2.24, 2.45) is 0 Å². The first-order valence-electron chi connectivity index (χ1n) is 5.56. The van der Waals surface area contributed by atoms with Gasteiger partial charge < -0.3 is 4.74 Å². The molecule has 1 atom stereocenters. The van der Waals surface area contributed by atoms with Crippen molar-refractivity contribution >= 4 is 38.9 Å². The van der Waals surface area contributed by atoms with Gasteiger partial charge in [-0.25, -0.2) is 0 Å². The molecule has 0 radical (unpaired) electrons. The van der Waals surface area contributed by atoms with E-state index in [-0.39, 0.29) is 4.83 Å². The molecule has 1 aromatic carbocycles. The van der Waals surface area contributed by atoms with E-state index in [1.807, 2.05) is 19.1 Å². The molecule has 0 N–H and O–H groups in total. The van der Waals surface area contributed by atoms with Gasteiger partial charge in [-0.3, -0.25) is 0 Å². The molecule has 1 heterocycles. The van der Waals surface area contributed by atoms with Crippen molar-refractivity contribution in [2.45, 2.75) is 18.7 Å². The lowest BCUT2D eigenvalue weighted by Gasteiger charge is -2.13.